The molecule has 4 aliphatic carbocycles. The molecule has 0 saturated heterocycles. The van der Waals surface area contributed by atoms with E-state index in [2.05, 4.69) is 13.8 Å². The van der Waals surface area contributed by atoms with Crippen LogP contribution < -0.4 is 0 Å². The van der Waals surface area contributed by atoms with Crippen LogP contribution in [0.1, 0.15) is 59.3 Å². The van der Waals surface area contributed by atoms with Crippen LogP contribution in [0.3, 0.4) is 0 Å². The van der Waals surface area contributed by atoms with E-state index in [1.165, 1.54) is 6.08 Å². The molecule has 144 valence electrons. The SMILES string of the molecule is CCC[C@]12C[C@H](O)[C@@]3(F)[C@@H](CCC4=CC(=O)C=C[C@@]43C)[C@@H]1C[C@H](C)[C@H]2O. The molecule has 26 heavy (non-hydrogen) atoms. The first-order chi connectivity index (χ1) is 12.2. The molecule has 0 heterocycles. The number of fused-ring (bicyclic) bond motifs is 5. The van der Waals surface area contributed by atoms with E-state index in [0.717, 1.165) is 24.8 Å². The van der Waals surface area contributed by atoms with Gasteiger partial charge in [0.05, 0.1) is 12.2 Å². The van der Waals surface area contributed by atoms with E-state index in [-0.39, 0.29) is 29.0 Å². The Balaban J connectivity index is 1.82. The fourth-order valence-corrected chi connectivity index (χ4v) is 7.22. The summed E-state index contributed by atoms with van der Waals surface area (Å²) in [7, 11) is 0. The Labute approximate surface area is 155 Å². The van der Waals surface area contributed by atoms with Crippen LogP contribution in [-0.2, 0) is 4.79 Å². The van der Waals surface area contributed by atoms with Crippen LogP contribution in [0, 0.1) is 28.6 Å². The predicted molar refractivity (Wildman–Crippen MR) is 98.1 cm³/mol. The molecule has 8 atom stereocenters. The van der Waals surface area contributed by atoms with Gasteiger partial charge in [-0.2, -0.15) is 0 Å². The molecule has 3 fully saturated rings. The third kappa shape index (κ3) is 2.03. The van der Waals surface area contributed by atoms with Crippen LogP contribution >= 0.6 is 0 Å². The number of allylic oxidation sites excluding steroid dienone is 4. The maximum Gasteiger partial charge on any atom is 0.178 e. The van der Waals surface area contributed by atoms with Gasteiger partial charge < -0.3 is 10.2 Å². The van der Waals surface area contributed by atoms with Crippen molar-refractivity contribution in [1.29, 1.82) is 0 Å². The van der Waals surface area contributed by atoms with Crippen molar-refractivity contribution >= 4 is 5.78 Å². The molecule has 3 saturated carbocycles. The van der Waals surface area contributed by atoms with Crippen LogP contribution in [0.2, 0.25) is 0 Å². The third-order valence-electron chi connectivity index (χ3n) is 8.38. The van der Waals surface area contributed by atoms with Crippen molar-refractivity contribution in [2.24, 2.45) is 28.6 Å². The number of carbonyl (C=O) groups excluding carboxylic acids is 1. The summed E-state index contributed by atoms with van der Waals surface area (Å²) in [4.78, 5) is 11.8. The molecule has 0 aromatic heterocycles. The second kappa shape index (κ2) is 5.75. The van der Waals surface area contributed by atoms with Gasteiger partial charge in [0, 0.05) is 16.7 Å². The monoisotopic (exact) mass is 362 g/mol. The third-order valence-corrected chi connectivity index (χ3v) is 8.38. The standard InChI is InChI=1S/C22H31FO3/c1-4-8-21-12-18(25)22(23)16(17(21)10-13(2)19(21)26)6-5-14-11-15(24)7-9-20(14,22)3/h7,9,11,13,16-19,25-26H,4-6,8,10,12H2,1-3H3/t13-,16-,17-,18-,19+,20-,21-,22-/m0/s1. The van der Waals surface area contributed by atoms with E-state index in [4.69, 9.17) is 0 Å². The number of halogens is 1. The molecule has 4 heteroatoms. The summed E-state index contributed by atoms with van der Waals surface area (Å²) in [5.74, 6) is -0.146. The van der Waals surface area contributed by atoms with E-state index < -0.39 is 23.3 Å². The van der Waals surface area contributed by atoms with Gasteiger partial charge >= 0.3 is 0 Å². The average molecular weight is 362 g/mol. The van der Waals surface area contributed by atoms with Crippen molar-refractivity contribution < 1.29 is 19.4 Å². The highest BCUT2D eigenvalue weighted by Gasteiger charge is 2.71. The van der Waals surface area contributed by atoms with E-state index in [9.17, 15) is 15.0 Å². The highest BCUT2D eigenvalue weighted by molar-refractivity contribution is 6.01. The van der Waals surface area contributed by atoms with E-state index in [1.807, 2.05) is 6.92 Å². The normalized spacial score (nSPS) is 52.9. The summed E-state index contributed by atoms with van der Waals surface area (Å²) in [6.07, 6.45) is 7.37. The number of rotatable bonds is 2. The summed E-state index contributed by atoms with van der Waals surface area (Å²) in [5, 5.41) is 22.1. The highest BCUT2D eigenvalue weighted by atomic mass is 19.1. The van der Waals surface area contributed by atoms with Gasteiger partial charge in [-0.05, 0) is 63.0 Å². The van der Waals surface area contributed by atoms with Crippen LogP contribution in [0.15, 0.2) is 23.8 Å². The molecular formula is C22H31FO3. The number of hydrogen-bond acceptors (Lipinski definition) is 3. The topological polar surface area (TPSA) is 57.5 Å². The number of ketones is 1. The molecule has 0 spiro atoms. The average Bonchev–Trinajstić information content (AvgIpc) is 2.82. The molecule has 3 nitrogen and oxygen atoms in total. The lowest BCUT2D eigenvalue weighted by atomic mass is 9.45. The lowest BCUT2D eigenvalue weighted by Crippen LogP contribution is -2.67. The minimum Gasteiger partial charge on any atom is -0.392 e. The number of aliphatic hydroxyl groups is 2. The van der Waals surface area contributed by atoms with Gasteiger partial charge in [0.15, 0.2) is 11.5 Å². The van der Waals surface area contributed by atoms with Gasteiger partial charge in [-0.15, -0.1) is 0 Å². The summed E-state index contributed by atoms with van der Waals surface area (Å²) in [5.41, 5.74) is -2.27. The molecule has 0 aromatic carbocycles. The molecule has 4 aliphatic rings. The minimum atomic E-state index is -1.78. The van der Waals surface area contributed by atoms with E-state index in [1.54, 1.807) is 12.2 Å². The van der Waals surface area contributed by atoms with Crippen LogP contribution in [0.5, 0.6) is 0 Å². The quantitative estimate of drug-likeness (QED) is 0.787. The molecule has 2 N–H and O–H groups in total. The number of aliphatic hydroxyl groups excluding tert-OH is 2. The Kier molecular flexibility index (Phi) is 4.06. The maximum absolute atomic E-state index is 16.8. The molecule has 0 amide bonds. The van der Waals surface area contributed by atoms with Gasteiger partial charge in [0.25, 0.3) is 0 Å². The van der Waals surface area contributed by atoms with Gasteiger partial charge in [0.1, 0.15) is 0 Å². The lowest BCUT2D eigenvalue weighted by Gasteiger charge is -2.62. The lowest BCUT2D eigenvalue weighted by molar-refractivity contribution is -0.207. The summed E-state index contributed by atoms with van der Waals surface area (Å²) in [6.45, 7) is 6.00. The van der Waals surface area contributed by atoms with Crippen LogP contribution in [-0.4, -0.2) is 33.9 Å². The summed E-state index contributed by atoms with van der Waals surface area (Å²) >= 11 is 0. The number of alkyl halides is 1. The smallest absolute Gasteiger partial charge is 0.178 e. The Hall–Kier alpha value is -1.00. The first-order valence-corrected chi connectivity index (χ1v) is 10.2. The Morgan fingerprint density at radius 3 is 2.73 bits per heavy atom. The molecule has 4 rings (SSSR count). The molecule has 0 aromatic rings. The molecule has 0 aliphatic heterocycles. The van der Waals surface area contributed by atoms with Crippen molar-refractivity contribution in [1.82, 2.24) is 0 Å². The molecule has 0 unspecified atom stereocenters. The summed E-state index contributed by atoms with van der Waals surface area (Å²) < 4.78 is 16.8. The van der Waals surface area contributed by atoms with Gasteiger partial charge in [-0.1, -0.05) is 31.9 Å². The van der Waals surface area contributed by atoms with Crippen LogP contribution in [0.25, 0.3) is 0 Å². The van der Waals surface area contributed by atoms with E-state index in [0.29, 0.717) is 19.3 Å². The fourth-order valence-electron chi connectivity index (χ4n) is 7.22. The molecule has 0 radical (unpaired) electrons. The van der Waals surface area contributed by atoms with Crippen molar-refractivity contribution in [2.45, 2.75) is 77.2 Å². The molecular weight excluding hydrogens is 331 g/mol. The number of carbonyl (C=O) groups is 1. The fraction of sp³-hybridized carbons (Fsp3) is 0.773. The zero-order valence-corrected chi connectivity index (χ0v) is 16.0. The van der Waals surface area contributed by atoms with Crippen molar-refractivity contribution in [3.63, 3.8) is 0 Å². The van der Waals surface area contributed by atoms with Crippen molar-refractivity contribution in [2.75, 3.05) is 0 Å². The zero-order valence-electron chi connectivity index (χ0n) is 16.0. The summed E-state index contributed by atoms with van der Waals surface area (Å²) in [6, 6.07) is 0. The van der Waals surface area contributed by atoms with E-state index >= 15 is 4.39 Å². The van der Waals surface area contributed by atoms with Gasteiger partial charge in [-0.3, -0.25) is 4.79 Å². The van der Waals surface area contributed by atoms with Gasteiger partial charge in [-0.25, -0.2) is 4.39 Å². The second-order valence-electron chi connectivity index (χ2n) is 9.49. The Bertz CT molecular complexity index is 685. The zero-order chi connectivity index (χ0) is 18.9. The maximum atomic E-state index is 16.8. The first kappa shape index (κ1) is 18.4. The number of hydrogen-bond donors (Lipinski definition) is 2. The minimum absolute atomic E-state index is 0.0879. The van der Waals surface area contributed by atoms with Crippen molar-refractivity contribution in [3.8, 4) is 0 Å². The second-order valence-corrected chi connectivity index (χ2v) is 9.49. The predicted octanol–water partition coefficient (Wildman–Crippen LogP) is 3.74. The first-order valence-electron chi connectivity index (χ1n) is 10.2. The van der Waals surface area contributed by atoms with Gasteiger partial charge in [0.2, 0.25) is 0 Å². The largest absolute Gasteiger partial charge is 0.392 e. The Morgan fingerprint density at radius 1 is 1.31 bits per heavy atom. The Morgan fingerprint density at radius 2 is 2.04 bits per heavy atom. The molecule has 0 bridgehead atoms. The van der Waals surface area contributed by atoms with Crippen molar-refractivity contribution in [3.05, 3.63) is 23.8 Å². The van der Waals surface area contributed by atoms with Crippen LogP contribution in [0.4, 0.5) is 4.39 Å². The highest BCUT2D eigenvalue weighted by Crippen LogP contribution is 2.69.